The van der Waals surface area contributed by atoms with Crippen LogP contribution in [0, 0.1) is 5.92 Å². The average molecular weight is 523 g/mol. The summed E-state index contributed by atoms with van der Waals surface area (Å²) < 4.78 is 20.9. The van der Waals surface area contributed by atoms with Gasteiger partial charge in [-0.15, -0.1) is 0 Å². The van der Waals surface area contributed by atoms with E-state index in [2.05, 4.69) is 40.2 Å². The van der Waals surface area contributed by atoms with E-state index in [4.69, 9.17) is 4.74 Å². The molecular weight excluding hydrogens is 487 g/mol. The molecule has 2 atom stereocenters. The Morgan fingerprint density at radius 3 is 2.74 bits per heavy atom. The maximum atomic E-state index is 14.7. The molecule has 0 aliphatic carbocycles. The van der Waals surface area contributed by atoms with Crippen molar-refractivity contribution in [2.75, 3.05) is 43.0 Å². The van der Waals surface area contributed by atoms with Crippen LogP contribution in [0.4, 0.5) is 22.0 Å². The number of pyridine rings is 1. The fourth-order valence-electron chi connectivity index (χ4n) is 5.08. The summed E-state index contributed by atoms with van der Waals surface area (Å²) in [4.78, 5) is 28.6. The lowest BCUT2D eigenvalue weighted by molar-refractivity contribution is -0.135. The first kappa shape index (κ1) is 26.1. The number of fused-ring (bicyclic) bond motifs is 1. The summed E-state index contributed by atoms with van der Waals surface area (Å²) in [5.74, 6) is 3.09. The highest BCUT2D eigenvalue weighted by molar-refractivity contribution is 5.92. The van der Waals surface area contributed by atoms with Gasteiger partial charge >= 0.3 is 0 Å². The summed E-state index contributed by atoms with van der Waals surface area (Å²) in [6.45, 7) is 9.81. The third-order valence-electron chi connectivity index (χ3n) is 7.44. The number of aliphatic hydroxyl groups excluding tert-OH is 1. The molecule has 3 aromatic rings. The van der Waals surface area contributed by atoms with Crippen LogP contribution in [-0.2, 0) is 4.79 Å². The number of halogens is 1. The Bertz CT molecular complexity index is 1330. The Labute approximate surface area is 222 Å². The Balaban J connectivity index is 1.35. The average Bonchev–Trinajstić information content (AvgIpc) is 2.84. The second kappa shape index (κ2) is 10.3. The molecule has 9 nitrogen and oxygen atoms in total. The number of rotatable bonds is 7. The van der Waals surface area contributed by atoms with E-state index >= 15 is 0 Å². The standard InChI is InChI=1S/C28H35FN6O3/c1-17(2)20-5-6-23(38-15-19-13-35(14-19)18(3)36)22-12-31-26(11-21(20)22)32-25-7-9-30-27(33-25)34-10-8-24(37)28(4,29)16-34/h5-7,9,11-12,17,19,24,37H,8,10,13-16H2,1-4H3,(H,30,31,32,33)/t24-,28+/m1/s1. The minimum atomic E-state index is -1.72. The Hall–Kier alpha value is -3.53. The lowest BCUT2D eigenvalue weighted by Crippen LogP contribution is -2.52. The number of alkyl halides is 1. The van der Waals surface area contributed by atoms with E-state index < -0.39 is 11.8 Å². The normalized spacial score (nSPS) is 22.0. The van der Waals surface area contributed by atoms with E-state index in [1.165, 1.54) is 12.5 Å². The molecule has 1 aromatic carbocycles. The van der Waals surface area contributed by atoms with Crippen molar-refractivity contribution in [3.05, 3.63) is 42.2 Å². The van der Waals surface area contributed by atoms with Crippen molar-refractivity contribution in [2.45, 2.75) is 51.8 Å². The molecule has 0 unspecified atom stereocenters. The van der Waals surface area contributed by atoms with Crippen molar-refractivity contribution in [1.29, 1.82) is 0 Å². The fourth-order valence-corrected chi connectivity index (χ4v) is 5.08. The number of likely N-dealkylation sites (tertiary alicyclic amines) is 1. The van der Waals surface area contributed by atoms with Crippen LogP contribution in [0.15, 0.2) is 36.7 Å². The quantitative estimate of drug-likeness (QED) is 0.479. The molecule has 2 aliphatic heterocycles. The van der Waals surface area contributed by atoms with Crippen LogP contribution in [0.25, 0.3) is 10.8 Å². The molecule has 2 N–H and O–H groups in total. The van der Waals surface area contributed by atoms with Crippen molar-refractivity contribution in [3.8, 4) is 5.75 Å². The number of carbonyl (C=O) groups excluding carboxylic acids is 1. The number of nitrogens with one attached hydrogen (secondary N) is 1. The van der Waals surface area contributed by atoms with Crippen molar-refractivity contribution in [2.24, 2.45) is 5.92 Å². The summed E-state index contributed by atoms with van der Waals surface area (Å²) in [6, 6.07) is 7.83. The third-order valence-corrected chi connectivity index (χ3v) is 7.44. The van der Waals surface area contributed by atoms with Gasteiger partial charge in [-0.05, 0) is 48.4 Å². The van der Waals surface area contributed by atoms with E-state index in [0.717, 1.165) is 29.6 Å². The van der Waals surface area contributed by atoms with Gasteiger partial charge in [-0.2, -0.15) is 4.98 Å². The second-order valence-electron chi connectivity index (χ2n) is 10.9. The molecule has 0 bridgehead atoms. The van der Waals surface area contributed by atoms with Crippen LogP contribution in [0.3, 0.4) is 0 Å². The van der Waals surface area contributed by atoms with Crippen LogP contribution in [0.1, 0.15) is 45.6 Å². The Morgan fingerprint density at radius 1 is 1.24 bits per heavy atom. The summed E-state index contributed by atoms with van der Waals surface area (Å²) in [6.07, 6.45) is 2.77. The highest BCUT2D eigenvalue weighted by atomic mass is 19.1. The number of benzene rings is 1. The smallest absolute Gasteiger partial charge is 0.227 e. The predicted octanol–water partition coefficient (Wildman–Crippen LogP) is 4.05. The number of anilines is 3. The first-order valence-corrected chi connectivity index (χ1v) is 13.1. The molecule has 10 heteroatoms. The third kappa shape index (κ3) is 5.36. The van der Waals surface area contributed by atoms with Crippen LogP contribution in [0.2, 0.25) is 0 Å². The van der Waals surface area contributed by atoms with Crippen molar-refractivity contribution in [3.63, 3.8) is 0 Å². The van der Waals surface area contributed by atoms with Crippen LogP contribution < -0.4 is 15.0 Å². The molecule has 2 aromatic heterocycles. The summed E-state index contributed by atoms with van der Waals surface area (Å²) in [7, 11) is 0. The lowest BCUT2D eigenvalue weighted by atomic mass is 9.94. The minimum Gasteiger partial charge on any atom is -0.492 e. The van der Waals surface area contributed by atoms with Gasteiger partial charge in [-0.3, -0.25) is 4.79 Å². The molecular formula is C28H35FN6O3. The molecule has 2 saturated heterocycles. The van der Waals surface area contributed by atoms with Gasteiger partial charge in [0.05, 0.1) is 19.3 Å². The van der Waals surface area contributed by atoms with Crippen LogP contribution in [-0.4, -0.2) is 75.4 Å². The molecule has 0 saturated carbocycles. The van der Waals surface area contributed by atoms with E-state index in [0.29, 0.717) is 49.0 Å². The van der Waals surface area contributed by atoms with E-state index in [-0.39, 0.29) is 12.5 Å². The summed E-state index contributed by atoms with van der Waals surface area (Å²) >= 11 is 0. The molecule has 202 valence electrons. The Morgan fingerprint density at radius 2 is 2.03 bits per heavy atom. The van der Waals surface area contributed by atoms with Gasteiger partial charge in [0.1, 0.15) is 17.4 Å². The largest absolute Gasteiger partial charge is 0.492 e. The van der Waals surface area contributed by atoms with Crippen molar-refractivity contribution >= 4 is 34.3 Å². The first-order valence-electron chi connectivity index (χ1n) is 13.1. The predicted molar refractivity (Wildman–Crippen MR) is 145 cm³/mol. The first-order chi connectivity index (χ1) is 18.1. The second-order valence-corrected chi connectivity index (χ2v) is 10.9. The van der Waals surface area contributed by atoms with Gasteiger partial charge in [-0.1, -0.05) is 19.9 Å². The van der Waals surface area contributed by atoms with Gasteiger partial charge in [0, 0.05) is 50.3 Å². The Kier molecular flexibility index (Phi) is 7.09. The zero-order valence-corrected chi connectivity index (χ0v) is 22.3. The van der Waals surface area contributed by atoms with E-state index in [1.54, 1.807) is 24.1 Å². The maximum Gasteiger partial charge on any atom is 0.227 e. The monoisotopic (exact) mass is 522 g/mol. The van der Waals surface area contributed by atoms with Gasteiger partial charge in [0.25, 0.3) is 0 Å². The minimum absolute atomic E-state index is 0.0278. The zero-order chi connectivity index (χ0) is 27.0. The number of aromatic nitrogens is 3. The molecule has 1 amide bonds. The molecule has 2 fully saturated rings. The number of amides is 1. The highest BCUT2D eigenvalue weighted by Crippen LogP contribution is 2.34. The van der Waals surface area contributed by atoms with Gasteiger partial charge < -0.3 is 25.0 Å². The number of piperidine rings is 1. The topological polar surface area (TPSA) is 104 Å². The molecule has 4 heterocycles. The molecule has 2 aliphatic rings. The number of nitrogens with zero attached hydrogens (tertiary/aromatic N) is 5. The summed E-state index contributed by atoms with van der Waals surface area (Å²) in [5.41, 5.74) is -0.537. The fraction of sp³-hybridized carbons (Fsp3) is 0.500. The SMILES string of the molecule is CC(=O)N1CC(COc2ccc(C(C)C)c3cc(Nc4ccnc(N5CC[C@@H](O)[C@@](C)(F)C5)n4)ncc23)C1. The number of hydrogen-bond donors (Lipinski definition) is 2. The molecule has 0 radical (unpaired) electrons. The van der Waals surface area contributed by atoms with E-state index in [9.17, 15) is 14.3 Å². The zero-order valence-electron chi connectivity index (χ0n) is 22.3. The van der Waals surface area contributed by atoms with Crippen molar-refractivity contribution in [1.82, 2.24) is 19.9 Å². The number of hydrogen-bond acceptors (Lipinski definition) is 8. The number of ether oxygens (including phenoxy) is 1. The van der Waals surface area contributed by atoms with Gasteiger partial charge in [-0.25, -0.2) is 14.4 Å². The van der Waals surface area contributed by atoms with Crippen molar-refractivity contribution < 1.29 is 19.0 Å². The summed E-state index contributed by atoms with van der Waals surface area (Å²) in [5, 5.41) is 15.2. The number of aliphatic hydroxyl groups is 1. The molecule has 5 rings (SSSR count). The van der Waals surface area contributed by atoms with E-state index in [1.807, 2.05) is 23.2 Å². The lowest BCUT2D eigenvalue weighted by Gasteiger charge is -2.38. The van der Waals surface area contributed by atoms with Gasteiger partial charge in [0.2, 0.25) is 11.9 Å². The van der Waals surface area contributed by atoms with Crippen LogP contribution >= 0.6 is 0 Å². The number of carbonyl (C=O) groups is 1. The molecule has 38 heavy (non-hydrogen) atoms. The van der Waals surface area contributed by atoms with Gasteiger partial charge in [0.15, 0.2) is 5.67 Å². The highest BCUT2D eigenvalue weighted by Gasteiger charge is 2.39. The van der Waals surface area contributed by atoms with Crippen LogP contribution in [0.5, 0.6) is 5.75 Å². The maximum absolute atomic E-state index is 14.7. The molecule has 0 spiro atoms.